The largest absolute Gasteiger partial charge is 0.462 e. The van der Waals surface area contributed by atoms with Gasteiger partial charge in [0, 0.05) is 0 Å². The van der Waals surface area contributed by atoms with Crippen LogP contribution < -0.4 is 5.56 Å². The molecule has 0 spiro atoms. The number of aliphatic hydroxyl groups is 1. The number of fused-ring (bicyclic) bond motifs is 1. The van der Waals surface area contributed by atoms with E-state index < -0.39 is 12.1 Å². The molecular weight excluding hydrogens is 332 g/mol. The zero-order valence-corrected chi connectivity index (χ0v) is 15.1. The summed E-state index contributed by atoms with van der Waals surface area (Å²) in [6, 6.07) is 0. The van der Waals surface area contributed by atoms with Gasteiger partial charge in [0.15, 0.2) is 0 Å². The molecule has 2 aromatic heterocycles. The monoisotopic (exact) mass is 354 g/mol. The van der Waals surface area contributed by atoms with Crippen LogP contribution in [-0.4, -0.2) is 46.0 Å². The fourth-order valence-electron chi connectivity index (χ4n) is 2.26. The van der Waals surface area contributed by atoms with Gasteiger partial charge < -0.3 is 14.6 Å². The molecule has 2 heterocycles. The fraction of sp³-hybridized carbons (Fsp3) is 0.562. The number of aromatic nitrogens is 2. The minimum atomic E-state index is -0.812. The standard InChI is InChI=1S/C16H22N2O5S/c1-5-22-16(21)13-10(4)12-14(24-13)17-8-18(15(12)20)6-11(19)7-23-9(2)3/h8-9,11,19H,5-7H2,1-4H3/t11-/m0/s1. The molecule has 0 aliphatic rings. The Kier molecular flexibility index (Phi) is 6.09. The van der Waals surface area contributed by atoms with Crippen LogP contribution >= 0.6 is 11.3 Å². The molecule has 0 saturated heterocycles. The molecule has 8 heteroatoms. The highest BCUT2D eigenvalue weighted by Crippen LogP contribution is 2.27. The molecule has 2 rings (SSSR count). The molecule has 0 fully saturated rings. The van der Waals surface area contributed by atoms with Gasteiger partial charge in [0.05, 0.1) is 43.7 Å². The van der Waals surface area contributed by atoms with Gasteiger partial charge in [-0.05, 0) is 33.3 Å². The van der Waals surface area contributed by atoms with E-state index in [0.717, 1.165) is 11.3 Å². The molecule has 7 nitrogen and oxygen atoms in total. The van der Waals surface area contributed by atoms with E-state index in [4.69, 9.17) is 9.47 Å². The molecule has 24 heavy (non-hydrogen) atoms. The number of hydrogen-bond donors (Lipinski definition) is 1. The molecule has 1 N–H and O–H groups in total. The summed E-state index contributed by atoms with van der Waals surface area (Å²) in [6.45, 7) is 7.67. The van der Waals surface area contributed by atoms with Gasteiger partial charge in [0.2, 0.25) is 0 Å². The first kappa shape index (κ1) is 18.6. The van der Waals surface area contributed by atoms with Gasteiger partial charge in [-0.15, -0.1) is 11.3 Å². The topological polar surface area (TPSA) is 90.7 Å². The number of aliphatic hydroxyl groups excluding tert-OH is 1. The predicted octanol–water partition coefficient (Wildman–Crippen LogP) is 1.73. The average molecular weight is 354 g/mol. The van der Waals surface area contributed by atoms with Gasteiger partial charge in [-0.2, -0.15) is 0 Å². The van der Waals surface area contributed by atoms with Crippen molar-refractivity contribution in [1.29, 1.82) is 0 Å². The number of nitrogens with zero attached hydrogens (tertiary/aromatic N) is 2. The highest BCUT2D eigenvalue weighted by Gasteiger charge is 2.20. The Bertz CT molecular complexity index is 781. The molecule has 0 radical (unpaired) electrons. The van der Waals surface area contributed by atoms with Gasteiger partial charge in [-0.25, -0.2) is 9.78 Å². The molecule has 0 saturated carbocycles. The summed E-state index contributed by atoms with van der Waals surface area (Å²) in [4.78, 5) is 29.7. The minimum absolute atomic E-state index is 0.00299. The highest BCUT2D eigenvalue weighted by atomic mass is 32.1. The summed E-state index contributed by atoms with van der Waals surface area (Å²) in [6.07, 6.45) is 0.574. The predicted molar refractivity (Wildman–Crippen MR) is 91.7 cm³/mol. The molecular formula is C16H22N2O5S. The lowest BCUT2D eigenvalue weighted by molar-refractivity contribution is -0.00111. The Balaban J connectivity index is 2.31. The maximum atomic E-state index is 12.6. The number of carbonyl (C=O) groups excluding carboxylic acids is 1. The molecule has 0 bridgehead atoms. The molecule has 1 atom stereocenters. The minimum Gasteiger partial charge on any atom is -0.462 e. The Morgan fingerprint density at radius 2 is 2.17 bits per heavy atom. The van der Waals surface area contributed by atoms with E-state index >= 15 is 0 Å². The zero-order valence-electron chi connectivity index (χ0n) is 14.2. The van der Waals surface area contributed by atoms with E-state index in [0.29, 0.717) is 20.7 Å². The van der Waals surface area contributed by atoms with Gasteiger partial charge >= 0.3 is 5.97 Å². The van der Waals surface area contributed by atoms with Crippen LogP contribution in [0.1, 0.15) is 36.0 Å². The van der Waals surface area contributed by atoms with E-state index in [-0.39, 0.29) is 31.4 Å². The van der Waals surface area contributed by atoms with Crippen LogP contribution in [-0.2, 0) is 16.0 Å². The molecule has 0 amide bonds. The van der Waals surface area contributed by atoms with Crippen molar-refractivity contribution in [3.8, 4) is 0 Å². The number of rotatable bonds is 7. The lowest BCUT2D eigenvalue weighted by atomic mass is 10.2. The van der Waals surface area contributed by atoms with Gasteiger partial charge in [0.1, 0.15) is 9.71 Å². The summed E-state index contributed by atoms with van der Waals surface area (Å²) >= 11 is 1.14. The second-order valence-corrected chi connectivity index (χ2v) is 6.69. The van der Waals surface area contributed by atoms with Crippen LogP contribution in [0.4, 0.5) is 0 Å². The zero-order chi connectivity index (χ0) is 17.9. The lowest BCUT2D eigenvalue weighted by Gasteiger charge is -2.14. The Morgan fingerprint density at radius 1 is 1.46 bits per heavy atom. The second kappa shape index (κ2) is 7.87. The first-order chi connectivity index (χ1) is 11.3. The van der Waals surface area contributed by atoms with Crippen molar-refractivity contribution < 1.29 is 19.4 Å². The number of esters is 1. The number of aryl methyl sites for hydroxylation is 1. The first-order valence-corrected chi connectivity index (χ1v) is 8.62. The number of carbonyl (C=O) groups is 1. The van der Waals surface area contributed by atoms with Crippen molar-refractivity contribution in [1.82, 2.24) is 9.55 Å². The van der Waals surface area contributed by atoms with Crippen LogP contribution in [0.25, 0.3) is 10.2 Å². The van der Waals surface area contributed by atoms with Crippen LogP contribution in [0.2, 0.25) is 0 Å². The van der Waals surface area contributed by atoms with Gasteiger partial charge in [-0.1, -0.05) is 0 Å². The van der Waals surface area contributed by atoms with Gasteiger partial charge in [0.25, 0.3) is 5.56 Å². The van der Waals surface area contributed by atoms with E-state index in [1.807, 2.05) is 13.8 Å². The van der Waals surface area contributed by atoms with E-state index in [1.165, 1.54) is 10.9 Å². The Labute approximate surface area is 143 Å². The van der Waals surface area contributed by atoms with Crippen molar-refractivity contribution in [3.05, 3.63) is 27.1 Å². The number of ether oxygens (including phenoxy) is 2. The van der Waals surface area contributed by atoms with E-state index in [1.54, 1.807) is 13.8 Å². The third-order valence-electron chi connectivity index (χ3n) is 3.41. The second-order valence-electron chi connectivity index (χ2n) is 5.69. The van der Waals surface area contributed by atoms with Crippen molar-refractivity contribution in [3.63, 3.8) is 0 Å². The summed E-state index contributed by atoms with van der Waals surface area (Å²) in [5, 5.41) is 10.4. The quantitative estimate of drug-likeness (QED) is 0.762. The summed E-state index contributed by atoms with van der Waals surface area (Å²) < 4.78 is 11.7. The van der Waals surface area contributed by atoms with Crippen LogP contribution in [0.5, 0.6) is 0 Å². The molecule has 0 aromatic carbocycles. The molecule has 2 aromatic rings. The SMILES string of the molecule is CCOC(=O)c1sc2ncn(C[C@H](O)COC(C)C)c(=O)c2c1C. The van der Waals surface area contributed by atoms with Crippen molar-refractivity contribution >= 4 is 27.5 Å². The molecule has 0 aliphatic carbocycles. The average Bonchev–Trinajstić information content (AvgIpc) is 2.86. The van der Waals surface area contributed by atoms with Crippen LogP contribution in [0.3, 0.4) is 0 Å². The fourth-order valence-corrected chi connectivity index (χ4v) is 3.30. The van der Waals surface area contributed by atoms with Crippen LogP contribution in [0.15, 0.2) is 11.1 Å². The molecule has 0 aliphatic heterocycles. The van der Waals surface area contributed by atoms with Gasteiger partial charge in [-0.3, -0.25) is 9.36 Å². The summed E-state index contributed by atoms with van der Waals surface area (Å²) in [5.41, 5.74) is 0.279. The third kappa shape index (κ3) is 4.00. The first-order valence-electron chi connectivity index (χ1n) is 7.80. The van der Waals surface area contributed by atoms with Crippen molar-refractivity contribution in [2.75, 3.05) is 13.2 Å². The molecule has 132 valence electrons. The molecule has 0 unspecified atom stereocenters. The Hall–Kier alpha value is -1.77. The smallest absolute Gasteiger partial charge is 0.348 e. The Morgan fingerprint density at radius 3 is 2.79 bits per heavy atom. The third-order valence-corrected chi connectivity index (χ3v) is 4.59. The lowest BCUT2D eigenvalue weighted by Crippen LogP contribution is -2.30. The van der Waals surface area contributed by atoms with Crippen LogP contribution in [0, 0.1) is 6.92 Å². The summed E-state index contributed by atoms with van der Waals surface area (Å²) in [5.74, 6) is -0.450. The number of thiophene rings is 1. The maximum Gasteiger partial charge on any atom is 0.348 e. The van der Waals surface area contributed by atoms with Crippen molar-refractivity contribution in [2.24, 2.45) is 0 Å². The van der Waals surface area contributed by atoms with E-state index in [9.17, 15) is 14.7 Å². The maximum absolute atomic E-state index is 12.6. The normalized spacial score (nSPS) is 12.8. The summed E-state index contributed by atoms with van der Waals surface area (Å²) in [7, 11) is 0. The highest BCUT2D eigenvalue weighted by molar-refractivity contribution is 7.20. The van der Waals surface area contributed by atoms with Crippen molar-refractivity contribution in [2.45, 2.75) is 46.4 Å². The van der Waals surface area contributed by atoms with E-state index in [2.05, 4.69) is 4.98 Å². The number of hydrogen-bond acceptors (Lipinski definition) is 7.